The number of aryl methyl sites for hydroxylation is 1. The lowest BCUT2D eigenvalue weighted by atomic mass is 10.1. The minimum absolute atomic E-state index is 0.0461. The van der Waals surface area contributed by atoms with Crippen molar-refractivity contribution in [3.05, 3.63) is 63.2 Å². The zero-order valence-corrected chi connectivity index (χ0v) is 15.3. The SMILES string of the molecule is COc1ccc(CN(C)S(=O)(=O)c2cc([N+](=O)[O-])cc(C)c2C)cc1. The summed E-state index contributed by atoms with van der Waals surface area (Å²) in [5.41, 5.74) is 1.61. The summed E-state index contributed by atoms with van der Waals surface area (Å²) >= 11 is 0. The van der Waals surface area contributed by atoms with Gasteiger partial charge in [0.2, 0.25) is 10.0 Å². The summed E-state index contributed by atoms with van der Waals surface area (Å²) in [5, 5.41) is 11.1. The normalized spacial score (nSPS) is 11.6. The first kappa shape index (κ1) is 18.9. The van der Waals surface area contributed by atoms with Crippen LogP contribution in [0.4, 0.5) is 5.69 Å². The summed E-state index contributed by atoms with van der Waals surface area (Å²) in [6, 6.07) is 9.53. The van der Waals surface area contributed by atoms with E-state index >= 15 is 0 Å². The van der Waals surface area contributed by atoms with E-state index in [9.17, 15) is 18.5 Å². The summed E-state index contributed by atoms with van der Waals surface area (Å²) in [7, 11) is -0.858. The number of sulfonamides is 1. The second-order valence-electron chi connectivity index (χ2n) is 5.75. The molecule has 0 atom stereocenters. The average molecular weight is 364 g/mol. The van der Waals surface area contributed by atoms with Gasteiger partial charge in [0.1, 0.15) is 5.75 Å². The van der Waals surface area contributed by atoms with E-state index in [1.54, 1.807) is 45.2 Å². The third-order valence-electron chi connectivity index (χ3n) is 4.07. The van der Waals surface area contributed by atoms with Crippen LogP contribution in [0.2, 0.25) is 0 Å². The molecule has 0 bridgehead atoms. The molecule has 0 amide bonds. The molecule has 0 unspecified atom stereocenters. The number of rotatable bonds is 6. The van der Waals surface area contributed by atoms with Gasteiger partial charge in [0.15, 0.2) is 0 Å². The second-order valence-corrected chi connectivity index (χ2v) is 7.77. The van der Waals surface area contributed by atoms with Gasteiger partial charge in [-0.15, -0.1) is 0 Å². The van der Waals surface area contributed by atoms with Crippen molar-refractivity contribution >= 4 is 15.7 Å². The van der Waals surface area contributed by atoms with Crippen LogP contribution in [0.25, 0.3) is 0 Å². The number of ether oxygens (including phenoxy) is 1. The number of hydrogen-bond acceptors (Lipinski definition) is 5. The van der Waals surface area contributed by atoms with Crippen LogP contribution in [0.3, 0.4) is 0 Å². The quantitative estimate of drug-likeness (QED) is 0.580. The number of nitrogens with zero attached hydrogens (tertiary/aromatic N) is 2. The van der Waals surface area contributed by atoms with E-state index in [0.717, 1.165) is 11.6 Å². The smallest absolute Gasteiger partial charge is 0.271 e. The number of methoxy groups -OCH3 is 1. The van der Waals surface area contributed by atoms with Crippen molar-refractivity contribution in [1.29, 1.82) is 0 Å². The van der Waals surface area contributed by atoms with E-state index in [0.29, 0.717) is 16.9 Å². The monoisotopic (exact) mass is 364 g/mol. The Balaban J connectivity index is 2.38. The number of nitro benzene ring substituents is 1. The van der Waals surface area contributed by atoms with Gasteiger partial charge in [-0.1, -0.05) is 12.1 Å². The summed E-state index contributed by atoms with van der Waals surface area (Å²) in [4.78, 5) is 10.4. The maximum absolute atomic E-state index is 12.9. The van der Waals surface area contributed by atoms with E-state index in [4.69, 9.17) is 4.74 Å². The van der Waals surface area contributed by atoms with E-state index < -0.39 is 14.9 Å². The van der Waals surface area contributed by atoms with Crippen molar-refractivity contribution in [1.82, 2.24) is 4.31 Å². The van der Waals surface area contributed by atoms with E-state index in [1.807, 2.05) is 0 Å². The van der Waals surface area contributed by atoms with Gasteiger partial charge in [-0.3, -0.25) is 10.1 Å². The van der Waals surface area contributed by atoms with E-state index in [-0.39, 0.29) is 17.1 Å². The lowest BCUT2D eigenvalue weighted by Gasteiger charge is -2.19. The highest BCUT2D eigenvalue weighted by molar-refractivity contribution is 7.89. The van der Waals surface area contributed by atoms with Crippen LogP contribution in [0, 0.1) is 24.0 Å². The molecule has 0 aromatic heterocycles. The average Bonchev–Trinajstić information content (AvgIpc) is 2.57. The molecule has 0 radical (unpaired) electrons. The van der Waals surface area contributed by atoms with Gasteiger partial charge in [0.25, 0.3) is 5.69 Å². The highest BCUT2D eigenvalue weighted by Crippen LogP contribution is 2.28. The summed E-state index contributed by atoms with van der Waals surface area (Å²) < 4.78 is 32.0. The minimum atomic E-state index is -3.86. The summed E-state index contributed by atoms with van der Waals surface area (Å²) in [6.07, 6.45) is 0. The van der Waals surface area contributed by atoms with Crippen LogP contribution in [-0.2, 0) is 16.6 Å². The molecule has 0 aliphatic heterocycles. The zero-order chi connectivity index (χ0) is 18.8. The second kappa shape index (κ2) is 7.20. The molecule has 8 heteroatoms. The van der Waals surface area contributed by atoms with Crippen LogP contribution in [-0.4, -0.2) is 31.8 Å². The minimum Gasteiger partial charge on any atom is -0.497 e. The van der Waals surface area contributed by atoms with Gasteiger partial charge < -0.3 is 4.74 Å². The van der Waals surface area contributed by atoms with Gasteiger partial charge in [-0.25, -0.2) is 8.42 Å². The largest absolute Gasteiger partial charge is 0.497 e. The Morgan fingerprint density at radius 3 is 2.28 bits per heavy atom. The summed E-state index contributed by atoms with van der Waals surface area (Å²) in [5.74, 6) is 0.680. The van der Waals surface area contributed by atoms with Gasteiger partial charge >= 0.3 is 0 Å². The molecular formula is C17H20N2O5S. The fourth-order valence-electron chi connectivity index (χ4n) is 2.42. The van der Waals surface area contributed by atoms with Gasteiger partial charge in [-0.2, -0.15) is 4.31 Å². The molecule has 25 heavy (non-hydrogen) atoms. The van der Waals surface area contributed by atoms with E-state index in [1.165, 1.54) is 17.4 Å². The molecule has 0 aliphatic rings. The topological polar surface area (TPSA) is 89.8 Å². The molecule has 2 aromatic rings. The highest BCUT2D eigenvalue weighted by atomic mass is 32.2. The number of hydrogen-bond donors (Lipinski definition) is 0. The standard InChI is InChI=1S/C17H20N2O5S/c1-12-9-15(19(20)21)10-17(13(12)2)25(22,23)18(3)11-14-5-7-16(24-4)8-6-14/h5-10H,11H2,1-4H3. The third-order valence-corrected chi connectivity index (χ3v) is 6.00. The van der Waals surface area contributed by atoms with Crippen LogP contribution >= 0.6 is 0 Å². The molecule has 0 aliphatic carbocycles. The van der Waals surface area contributed by atoms with Crippen LogP contribution in [0.5, 0.6) is 5.75 Å². The van der Waals surface area contributed by atoms with Gasteiger partial charge in [0, 0.05) is 25.7 Å². The number of benzene rings is 2. The predicted molar refractivity (Wildman–Crippen MR) is 94.2 cm³/mol. The molecule has 0 saturated carbocycles. The molecule has 7 nitrogen and oxygen atoms in total. The lowest BCUT2D eigenvalue weighted by molar-refractivity contribution is -0.385. The van der Waals surface area contributed by atoms with Crippen LogP contribution in [0.15, 0.2) is 41.3 Å². The van der Waals surface area contributed by atoms with Crippen molar-refractivity contribution in [2.45, 2.75) is 25.3 Å². The molecule has 0 spiro atoms. The maximum atomic E-state index is 12.9. The molecule has 2 aromatic carbocycles. The van der Waals surface area contributed by atoms with Crippen molar-refractivity contribution in [3.8, 4) is 5.75 Å². The van der Waals surface area contributed by atoms with Crippen molar-refractivity contribution in [2.75, 3.05) is 14.2 Å². The molecule has 134 valence electrons. The van der Waals surface area contributed by atoms with Crippen molar-refractivity contribution in [2.24, 2.45) is 0 Å². The highest BCUT2D eigenvalue weighted by Gasteiger charge is 2.26. The Hall–Kier alpha value is -2.45. The third kappa shape index (κ3) is 3.97. The first-order valence-electron chi connectivity index (χ1n) is 7.51. The predicted octanol–water partition coefficient (Wildman–Crippen LogP) is 3.04. The lowest BCUT2D eigenvalue weighted by Crippen LogP contribution is -2.27. The van der Waals surface area contributed by atoms with Crippen molar-refractivity contribution in [3.63, 3.8) is 0 Å². The Bertz CT molecular complexity index is 892. The fourth-order valence-corrected chi connectivity index (χ4v) is 3.90. The molecule has 2 rings (SSSR count). The molecule has 0 fully saturated rings. The number of nitro groups is 1. The first-order valence-corrected chi connectivity index (χ1v) is 8.95. The van der Waals surface area contributed by atoms with Crippen molar-refractivity contribution < 1.29 is 18.1 Å². The Kier molecular flexibility index (Phi) is 5.44. The molecule has 0 heterocycles. The van der Waals surface area contributed by atoms with Crippen LogP contribution in [0.1, 0.15) is 16.7 Å². The summed E-state index contributed by atoms with van der Waals surface area (Å²) in [6.45, 7) is 3.45. The van der Waals surface area contributed by atoms with E-state index in [2.05, 4.69) is 0 Å². The van der Waals surface area contributed by atoms with Gasteiger partial charge in [-0.05, 0) is 42.7 Å². The molecule has 0 N–H and O–H groups in total. The maximum Gasteiger partial charge on any atom is 0.271 e. The van der Waals surface area contributed by atoms with Crippen LogP contribution < -0.4 is 4.74 Å². The number of non-ortho nitro benzene ring substituents is 1. The Labute approximate surface area is 147 Å². The van der Waals surface area contributed by atoms with Gasteiger partial charge in [0.05, 0.1) is 16.9 Å². The Morgan fingerprint density at radius 1 is 1.16 bits per heavy atom. The zero-order valence-electron chi connectivity index (χ0n) is 14.5. The molecule has 0 saturated heterocycles. The fraction of sp³-hybridized carbons (Fsp3) is 0.294. The molecular weight excluding hydrogens is 344 g/mol. The first-order chi connectivity index (χ1) is 11.7. The Morgan fingerprint density at radius 2 is 1.76 bits per heavy atom.